The fraction of sp³-hybridized carbons (Fsp3) is 0.100. The van der Waals surface area contributed by atoms with E-state index in [9.17, 15) is 14.4 Å². The summed E-state index contributed by atoms with van der Waals surface area (Å²) in [4.78, 5) is 13.1. The summed E-state index contributed by atoms with van der Waals surface area (Å²) in [6.45, 7) is 0. The summed E-state index contributed by atoms with van der Waals surface area (Å²) < 4.78 is 19.8. The van der Waals surface area contributed by atoms with Crippen LogP contribution in [0, 0.1) is 17.1 Å². The molecule has 5 nitrogen and oxygen atoms in total. The van der Waals surface area contributed by atoms with E-state index in [1.807, 2.05) is 36.4 Å². The summed E-state index contributed by atoms with van der Waals surface area (Å²) in [5, 5.41) is 9.27. The minimum absolute atomic E-state index is 0.0780. The summed E-state index contributed by atoms with van der Waals surface area (Å²) >= 11 is 1.49. The standard InChI is InChI=1S/C20H16FN3O2S/c1-26-20(25)19-18(23)14(10-22)11-24(19)16-7-2-3-8-17(16)27-12-13-5-4-6-15(21)9-13/h2-9,11H,12,23H2,1H3. The molecule has 3 rings (SSSR count). The highest BCUT2D eigenvalue weighted by molar-refractivity contribution is 7.98. The van der Waals surface area contributed by atoms with Gasteiger partial charge < -0.3 is 15.0 Å². The number of methoxy groups -OCH3 is 1. The van der Waals surface area contributed by atoms with Crippen LogP contribution in [0.4, 0.5) is 10.1 Å². The lowest BCUT2D eigenvalue weighted by Gasteiger charge is -2.13. The van der Waals surface area contributed by atoms with Crippen molar-refractivity contribution in [3.05, 3.63) is 77.4 Å². The number of rotatable bonds is 5. The van der Waals surface area contributed by atoms with Crippen LogP contribution in [0.3, 0.4) is 0 Å². The third-order valence-electron chi connectivity index (χ3n) is 3.95. The van der Waals surface area contributed by atoms with Gasteiger partial charge in [-0.3, -0.25) is 0 Å². The number of hydrogen-bond donors (Lipinski definition) is 1. The van der Waals surface area contributed by atoms with Crippen molar-refractivity contribution >= 4 is 23.4 Å². The molecule has 0 saturated heterocycles. The van der Waals surface area contributed by atoms with Crippen molar-refractivity contribution in [2.45, 2.75) is 10.6 Å². The lowest BCUT2D eigenvalue weighted by Crippen LogP contribution is -2.11. The highest BCUT2D eigenvalue weighted by Crippen LogP contribution is 2.32. The number of para-hydroxylation sites is 1. The number of nitrogens with zero attached hydrogens (tertiary/aromatic N) is 2. The van der Waals surface area contributed by atoms with Gasteiger partial charge in [0.25, 0.3) is 0 Å². The van der Waals surface area contributed by atoms with Crippen molar-refractivity contribution in [2.75, 3.05) is 12.8 Å². The van der Waals surface area contributed by atoms with Gasteiger partial charge in [-0.25, -0.2) is 9.18 Å². The summed E-state index contributed by atoms with van der Waals surface area (Å²) in [6.07, 6.45) is 1.52. The molecule has 0 aliphatic carbocycles. The van der Waals surface area contributed by atoms with Crippen LogP contribution in [-0.2, 0) is 10.5 Å². The first-order chi connectivity index (χ1) is 13.0. The van der Waals surface area contributed by atoms with Crippen molar-refractivity contribution in [3.63, 3.8) is 0 Å². The number of carbonyl (C=O) groups excluding carboxylic acids is 1. The van der Waals surface area contributed by atoms with Crippen LogP contribution in [0.5, 0.6) is 0 Å². The Kier molecular flexibility index (Phi) is 5.48. The van der Waals surface area contributed by atoms with E-state index in [0.29, 0.717) is 11.4 Å². The minimum atomic E-state index is -0.626. The van der Waals surface area contributed by atoms with Gasteiger partial charge in [0.15, 0.2) is 5.69 Å². The second-order valence-electron chi connectivity index (χ2n) is 5.66. The number of esters is 1. The molecule has 0 atom stereocenters. The number of hydrogen-bond acceptors (Lipinski definition) is 5. The molecular weight excluding hydrogens is 365 g/mol. The Balaban J connectivity index is 2.01. The molecule has 0 aliphatic rings. The van der Waals surface area contributed by atoms with Gasteiger partial charge in [0.05, 0.1) is 24.0 Å². The van der Waals surface area contributed by atoms with E-state index < -0.39 is 5.97 Å². The van der Waals surface area contributed by atoms with Gasteiger partial charge in [0, 0.05) is 16.8 Å². The van der Waals surface area contributed by atoms with Gasteiger partial charge in [0.1, 0.15) is 11.9 Å². The predicted molar refractivity (Wildman–Crippen MR) is 102 cm³/mol. The van der Waals surface area contributed by atoms with Crippen LogP contribution < -0.4 is 5.73 Å². The first kappa shape index (κ1) is 18.5. The van der Waals surface area contributed by atoms with Crippen molar-refractivity contribution in [2.24, 2.45) is 0 Å². The third kappa shape index (κ3) is 3.81. The van der Waals surface area contributed by atoms with Gasteiger partial charge in [-0.05, 0) is 29.8 Å². The summed E-state index contributed by atoms with van der Waals surface area (Å²) in [5.74, 6) is -0.366. The number of nitriles is 1. The first-order valence-electron chi connectivity index (χ1n) is 8.01. The topological polar surface area (TPSA) is 81.0 Å². The molecule has 7 heteroatoms. The average Bonchev–Trinajstić information content (AvgIpc) is 3.02. The van der Waals surface area contributed by atoms with Crippen LogP contribution in [0.15, 0.2) is 59.6 Å². The first-order valence-corrected chi connectivity index (χ1v) is 8.99. The zero-order valence-corrected chi connectivity index (χ0v) is 15.3. The number of anilines is 1. The summed E-state index contributed by atoms with van der Waals surface area (Å²) in [6, 6.07) is 15.8. The molecular formula is C20H16FN3O2S. The predicted octanol–water partition coefficient (Wildman–Crippen LogP) is 4.15. The van der Waals surface area contributed by atoms with Crippen LogP contribution in [0.25, 0.3) is 5.69 Å². The van der Waals surface area contributed by atoms with Crippen molar-refractivity contribution in [3.8, 4) is 11.8 Å². The smallest absolute Gasteiger partial charge is 0.357 e. The average molecular weight is 381 g/mol. The molecule has 1 aromatic heterocycles. The fourth-order valence-corrected chi connectivity index (χ4v) is 3.66. The molecule has 2 N–H and O–H groups in total. The van der Waals surface area contributed by atoms with Gasteiger partial charge in [-0.1, -0.05) is 24.3 Å². The number of benzene rings is 2. The monoisotopic (exact) mass is 381 g/mol. The number of halogens is 1. The van der Waals surface area contributed by atoms with Crippen molar-refractivity contribution < 1.29 is 13.9 Å². The molecule has 0 amide bonds. The maximum atomic E-state index is 13.4. The van der Waals surface area contributed by atoms with Gasteiger partial charge in [-0.15, -0.1) is 11.8 Å². The van der Waals surface area contributed by atoms with E-state index in [0.717, 1.165) is 10.5 Å². The minimum Gasteiger partial charge on any atom is -0.464 e. The Morgan fingerprint density at radius 1 is 1.30 bits per heavy atom. The summed E-state index contributed by atoms with van der Waals surface area (Å²) in [7, 11) is 1.26. The van der Waals surface area contributed by atoms with Gasteiger partial charge in [-0.2, -0.15) is 5.26 Å². The molecule has 27 heavy (non-hydrogen) atoms. The Labute approximate surface area is 160 Å². The maximum Gasteiger partial charge on any atom is 0.357 e. The van der Waals surface area contributed by atoms with Crippen molar-refractivity contribution in [1.29, 1.82) is 5.26 Å². The van der Waals surface area contributed by atoms with E-state index in [1.165, 1.54) is 37.2 Å². The molecule has 1 heterocycles. The maximum absolute atomic E-state index is 13.4. The SMILES string of the molecule is COC(=O)c1c(N)c(C#N)cn1-c1ccccc1SCc1cccc(F)c1. The van der Waals surface area contributed by atoms with E-state index in [4.69, 9.17) is 10.5 Å². The molecule has 0 fully saturated rings. The molecule has 136 valence electrons. The van der Waals surface area contributed by atoms with E-state index in [-0.39, 0.29) is 22.8 Å². The van der Waals surface area contributed by atoms with Crippen LogP contribution in [0.2, 0.25) is 0 Å². The van der Waals surface area contributed by atoms with Crippen molar-refractivity contribution in [1.82, 2.24) is 4.57 Å². The Morgan fingerprint density at radius 3 is 2.78 bits per heavy atom. The molecule has 0 saturated carbocycles. The zero-order chi connectivity index (χ0) is 19.4. The summed E-state index contributed by atoms with van der Waals surface area (Å²) in [5.41, 5.74) is 7.87. The second-order valence-corrected chi connectivity index (χ2v) is 6.68. The van der Waals surface area contributed by atoms with E-state index in [1.54, 1.807) is 10.6 Å². The molecule has 2 aromatic carbocycles. The molecule has 0 aliphatic heterocycles. The Morgan fingerprint density at radius 2 is 2.07 bits per heavy atom. The second kappa shape index (κ2) is 7.98. The fourth-order valence-electron chi connectivity index (χ4n) is 2.67. The third-order valence-corrected chi connectivity index (χ3v) is 5.09. The lowest BCUT2D eigenvalue weighted by atomic mass is 10.2. The normalized spacial score (nSPS) is 10.4. The molecule has 3 aromatic rings. The molecule has 0 unspecified atom stereocenters. The highest BCUT2D eigenvalue weighted by atomic mass is 32.2. The van der Waals surface area contributed by atoms with Crippen LogP contribution in [0.1, 0.15) is 21.6 Å². The van der Waals surface area contributed by atoms with Crippen LogP contribution in [-0.4, -0.2) is 17.6 Å². The number of nitrogens with two attached hydrogens (primary N) is 1. The number of aromatic nitrogens is 1. The van der Waals surface area contributed by atoms with Gasteiger partial charge >= 0.3 is 5.97 Å². The molecule has 0 bridgehead atoms. The lowest BCUT2D eigenvalue weighted by molar-refractivity contribution is 0.0593. The Hall–Kier alpha value is -3.24. The van der Waals surface area contributed by atoms with Gasteiger partial charge in [0.2, 0.25) is 0 Å². The quantitative estimate of drug-likeness (QED) is 0.530. The highest BCUT2D eigenvalue weighted by Gasteiger charge is 2.22. The zero-order valence-electron chi connectivity index (χ0n) is 14.5. The van der Waals surface area contributed by atoms with Crippen LogP contribution >= 0.6 is 11.8 Å². The number of carbonyl (C=O) groups is 1. The Bertz CT molecular complexity index is 1040. The number of ether oxygens (including phenoxy) is 1. The number of nitrogen functional groups attached to an aromatic ring is 1. The largest absolute Gasteiger partial charge is 0.464 e. The molecule has 0 spiro atoms. The van der Waals surface area contributed by atoms with E-state index >= 15 is 0 Å². The number of thioether (sulfide) groups is 1. The van der Waals surface area contributed by atoms with E-state index in [2.05, 4.69) is 0 Å². The molecule has 0 radical (unpaired) electrons.